The van der Waals surface area contributed by atoms with Gasteiger partial charge in [-0.3, -0.25) is 4.79 Å². The van der Waals surface area contributed by atoms with Crippen molar-refractivity contribution in [3.05, 3.63) is 110 Å². The second-order valence-corrected chi connectivity index (χ2v) is 9.72. The van der Waals surface area contributed by atoms with E-state index in [9.17, 15) is 15.3 Å². The molecule has 5 heteroatoms. The van der Waals surface area contributed by atoms with Crippen molar-refractivity contribution in [3.8, 4) is 12.1 Å². The van der Waals surface area contributed by atoms with Gasteiger partial charge in [0.1, 0.15) is 6.04 Å². The van der Waals surface area contributed by atoms with Crippen LogP contribution >= 0.6 is 22.6 Å². The van der Waals surface area contributed by atoms with Crippen molar-refractivity contribution in [2.24, 2.45) is 5.41 Å². The molecule has 1 fully saturated rings. The van der Waals surface area contributed by atoms with E-state index in [0.29, 0.717) is 5.56 Å². The highest BCUT2D eigenvalue weighted by molar-refractivity contribution is 14.1. The maximum absolute atomic E-state index is 14.0. The van der Waals surface area contributed by atoms with Gasteiger partial charge in [-0.1, -0.05) is 72.3 Å². The first-order chi connectivity index (χ1) is 16.0. The Balaban J connectivity index is 1.79. The number of fused-ring (bicyclic) bond motifs is 3. The number of aryl methyl sites for hydroxylation is 1. The Bertz CT molecular complexity index is 1350. The lowest BCUT2D eigenvalue weighted by molar-refractivity contribution is 0.0874. The molecule has 1 unspecified atom stereocenters. The number of Topliss-reactive ketones (excluding diaryl/α,β-unsaturated/α-hetero) is 1. The molecule has 2 heterocycles. The third-order valence-electron chi connectivity index (χ3n) is 6.79. The molecule has 0 bridgehead atoms. The maximum Gasteiger partial charge on any atom is 0.185 e. The van der Waals surface area contributed by atoms with Crippen LogP contribution in [-0.2, 0) is 0 Å². The summed E-state index contributed by atoms with van der Waals surface area (Å²) in [7, 11) is 0. The molecule has 0 N–H and O–H groups in total. The van der Waals surface area contributed by atoms with Gasteiger partial charge in [-0.15, -0.1) is 0 Å². The van der Waals surface area contributed by atoms with Crippen LogP contribution in [0.3, 0.4) is 0 Å². The first kappa shape index (κ1) is 21.4. The van der Waals surface area contributed by atoms with Crippen LogP contribution in [0.15, 0.2) is 79.0 Å². The van der Waals surface area contributed by atoms with Gasteiger partial charge in [-0.2, -0.15) is 10.5 Å². The summed E-state index contributed by atoms with van der Waals surface area (Å²) in [6, 6.07) is 26.6. The molecular formula is C28H20IN3O. The van der Waals surface area contributed by atoms with Crippen LogP contribution in [0.5, 0.6) is 0 Å². The van der Waals surface area contributed by atoms with Crippen LogP contribution in [0.25, 0.3) is 6.08 Å². The Kier molecular flexibility index (Phi) is 5.31. The van der Waals surface area contributed by atoms with Gasteiger partial charge in [0.25, 0.3) is 0 Å². The summed E-state index contributed by atoms with van der Waals surface area (Å²) in [6.45, 7) is 1.98. The van der Waals surface area contributed by atoms with Crippen molar-refractivity contribution in [2.45, 2.75) is 24.9 Å². The van der Waals surface area contributed by atoms with Crippen molar-refractivity contribution < 1.29 is 4.79 Å². The molecule has 0 spiro atoms. The lowest BCUT2D eigenvalue weighted by Crippen LogP contribution is -2.38. The Morgan fingerprint density at radius 2 is 1.58 bits per heavy atom. The molecule has 5 rings (SSSR count). The van der Waals surface area contributed by atoms with Gasteiger partial charge in [0.15, 0.2) is 11.2 Å². The molecule has 0 aliphatic carbocycles. The zero-order valence-corrected chi connectivity index (χ0v) is 20.1. The fourth-order valence-electron chi connectivity index (χ4n) is 5.25. The third-order valence-corrected chi connectivity index (χ3v) is 7.77. The molecule has 3 aromatic carbocycles. The van der Waals surface area contributed by atoms with E-state index < -0.39 is 23.4 Å². The molecule has 3 aromatic rings. The molecule has 1 saturated heterocycles. The normalized spacial score (nSPS) is 22.1. The van der Waals surface area contributed by atoms with E-state index in [1.807, 2.05) is 96.9 Å². The van der Waals surface area contributed by atoms with E-state index in [1.54, 1.807) is 0 Å². The van der Waals surface area contributed by atoms with E-state index in [2.05, 4.69) is 34.7 Å². The van der Waals surface area contributed by atoms with Gasteiger partial charge in [0.2, 0.25) is 0 Å². The average Bonchev–Trinajstić information content (AvgIpc) is 3.15. The number of halogens is 1. The summed E-state index contributed by atoms with van der Waals surface area (Å²) in [5, 5.41) is 21.1. The highest BCUT2D eigenvalue weighted by atomic mass is 127. The quantitative estimate of drug-likeness (QED) is 0.301. The largest absolute Gasteiger partial charge is 0.357 e. The molecule has 3 atom stereocenters. The summed E-state index contributed by atoms with van der Waals surface area (Å²) in [5.41, 5.74) is 2.94. The Morgan fingerprint density at radius 3 is 2.24 bits per heavy atom. The van der Waals surface area contributed by atoms with Crippen molar-refractivity contribution >= 4 is 34.5 Å². The number of benzene rings is 3. The lowest BCUT2D eigenvalue weighted by Gasteiger charge is -2.34. The number of carbonyl (C=O) groups is 1. The van der Waals surface area contributed by atoms with Gasteiger partial charge >= 0.3 is 0 Å². The molecule has 0 aromatic heterocycles. The summed E-state index contributed by atoms with van der Waals surface area (Å²) in [6.07, 6.45) is 3.86. The van der Waals surface area contributed by atoms with E-state index in [1.165, 1.54) is 0 Å². The van der Waals surface area contributed by atoms with Crippen molar-refractivity contribution in [1.29, 1.82) is 10.5 Å². The van der Waals surface area contributed by atoms with Gasteiger partial charge < -0.3 is 4.90 Å². The van der Waals surface area contributed by atoms with Crippen LogP contribution in [0, 0.1) is 38.6 Å². The van der Waals surface area contributed by atoms with Gasteiger partial charge in [0, 0.05) is 21.3 Å². The zero-order chi connectivity index (χ0) is 23.2. The number of ketones is 1. The molecule has 4 nitrogen and oxygen atoms in total. The SMILES string of the molecule is Cc1ccc(C(=O)[C@H]2[C@H](c3ccccc3I)C(C#N)(C#N)C3c4ccccc4C=CN32)cc1. The standard InChI is InChI=1S/C28H20IN3O/c1-18-10-12-20(13-11-18)26(33)25-24(22-8-4-5-9-23(22)29)28(16-30,17-31)27-21-7-3-2-6-19(21)14-15-32(25)27/h2-15,24-25,27H,1H3/t24-,25+,27?/m0/s1. The Morgan fingerprint density at radius 1 is 0.939 bits per heavy atom. The van der Waals surface area contributed by atoms with Crippen LogP contribution in [0.4, 0.5) is 0 Å². The topological polar surface area (TPSA) is 67.9 Å². The predicted octanol–water partition coefficient (Wildman–Crippen LogP) is 6.01. The number of carbonyl (C=O) groups excluding carboxylic acids is 1. The van der Waals surface area contributed by atoms with E-state index >= 15 is 0 Å². The van der Waals surface area contributed by atoms with Crippen LogP contribution in [0.2, 0.25) is 0 Å². The zero-order valence-electron chi connectivity index (χ0n) is 17.9. The molecular weight excluding hydrogens is 521 g/mol. The second-order valence-electron chi connectivity index (χ2n) is 8.56. The summed E-state index contributed by atoms with van der Waals surface area (Å²) in [5.74, 6) is -0.698. The number of hydrogen-bond donors (Lipinski definition) is 0. The minimum absolute atomic E-state index is 0.0824. The first-order valence-corrected chi connectivity index (χ1v) is 11.8. The van der Waals surface area contributed by atoms with Crippen molar-refractivity contribution in [1.82, 2.24) is 4.90 Å². The van der Waals surface area contributed by atoms with Crippen LogP contribution in [-0.4, -0.2) is 16.7 Å². The first-order valence-electron chi connectivity index (χ1n) is 10.7. The Labute approximate surface area is 206 Å². The molecule has 160 valence electrons. The number of rotatable bonds is 3. The van der Waals surface area contributed by atoms with Crippen LogP contribution < -0.4 is 0 Å². The molecule has 0 amide bonds. The number of hydrogen-bond acceptors (Lipinski definition) is 4. The van der Waals surface area contributed by atoms with E-state index in [0.717, 1.165) is 25.8 Å². The summed E-state index contributed by atoms with van der Waals surface area (Å²) >= 11 is 2.24. The highest BCUT2D eigenvalue weighted by Gasteiger charge is 2.64. The minimum Gasteiger partial charge on any atom is -0.357 e. The monoisotopic (exact) mass is 541 g/mol. The molecule has 33 heavy (non-hydrogen) atoms. The maximum atomic E-state index is 14.0. The van der Waals surface area contributed by atoms with Gasteiger partial charge in [-0.25, -0.2) is 0 Å². The second kappa shape index (κ2) is 8.17. The van der Waals surface area contributed by atoms with E-state index in [-0.39, 0.29) is 5.78 Å². The molecule has 0 saturated carbocycles. The highest BCUT2D eigenvalue weighted by Crippen LogP contribution is 2.60. The van der Waals surface area contributed by atoms with Gasteiger partial charge in [-0.05, 0) is 58.3 Å². The average molecular weight is 541 g/mol. The predicted molar refractivity (Wildman–Crippen MR) is 135 cm³/mol. The molecule has 0 radical (unpaired) electrons. The van der Waals surface area contributed by atoms with Crippen molar-refractivity contribution in [3.63, 3.8) is 0 Å². The third kappa shape index (κ3) is 3.19. The van der Waals surface area contributed by atoms with Gasteiger partial charge in [0.05, 0.1) is 18.2 Å². The van der Waals surface area contributed by atoms with Crippen LogP contribution in [0.1, 0.15) is 44.6 Å². The molecule has 2 aliphatic rings. The minimum atomic E-state index is -1.44. The Hall–Kier alpha value is -3.42. The lowest BCUT2D eigenvalue weighted by atomic mass is 9.67. The number of nitrogens with zero attached hydrogens (tertiary/aromatic N) is 3. The smallest absolute Gasteiger partial charge is 0.185 e. The summed E-state index contributed by atoms with van der Waals surface area (Å²) in [4.78, 5) is 16.0. The number of nitriles is 2. The summed E-state index contributed by atoms with van der Waals surface area (Å²) < 4.78 is 0.939. The molecule has 2 aliphatic heterocycles. The van der Waals surface area contributed by atoms with E-state index in [4.69, 9.17) is 0 Å². The fourth-order valence-corrected chi connectivity index (χ4v) is 5.98. The fraction of sp³-hybridized carbons (Fsp3) is 0.179. The van der Waals surface area contributed by atoms with Crippen molar-refractivity contribution in [2.75, 3.05) is 0 Å².